The maximum atomic E-state index is 14.5. The van der Waals surface area contributed by atoms with Crippen LogP contribution in [0.2, 0.25) is 0 Å². The summed E-state index contributed by atoms with van der Waals surface area (Å²) < 4.78 is 20.4. The number of benzene rings is 1. The van der Waals surface area contributed by atoms with Gasteiger partial charge in [0.25, 0.3) is 0 Å². The number of rotatable bonds is 7. The molecule has 5 aromatic heterocycles. The van der Waals surface area contributed by atoms with Crippen LogP contribution in [0.5, 0.6) is 5.75 Å². The number of hydrogen-bond acceptors (Lipinski definition) is 6. The van der Waals surface area contributed by atoms with Crippen molar-refractivity contribution >= 4 is 21.9 Å². The predicted octanol–water partition coefficient (Wildman–Crippen LogP) is 5.31. The van der Waals surface area contributed by atoms with Gasteiger partial charge in [-0.3, -0.25) is 15.1 Å². The minimum absolute atomic E-state index is 0.316. The first-order valence-electron chi connectivity index (χ1n) is 11.9. The number of likely N-dealkylation sites (N-methyl/N-ethyl adjacent to an activating group) is 1. The second-order valence-corrected chi connectivity index (χ2v) is 9.01. The molecule has 184 valence electrons. The SMILES string of the molecule is CN(C)CCOc1cncc(-c2ccc3[nH]nc(-c4cc5c(-c6ccccc6F)nccc5[nH]4)c3n2)c1. The molecule has 6 aromatic rings. The highest BCUT2D eigenvalue weighted by Gasteiger charge is 2.17. The molecule has 0 unspecified atom stereocenters. The zero-order valence-electron chi connectivity index (χ0n) is 20.4. The highest BCUT2D eigenvalue weighted by Crippen LogP contribution is 2.34. The number of ether oxygens (including phenoxy) is 1. The maximum absolute atomic E-state index is 14.5. The van der Waals surface area contributed by atoms with Crippen molar-refractivity contribution in [1.29, 1.82) is 0 Å². The Morgan fingerprint density at radius 1 is 0.973 bits per heavy atom. The van der Waals surface area contributed by atoms with Crippen molar-refractivity contribution in [1.82, 2.24) is 35.0 Å². The van der Waals surface area contributed by atoms with Gasteiger partial charge in [0.15, 0.2) is 0 Å². The molecule has 0 aliphatic carbocycles. The van der Waals surface area contributed by atoms with Crippen molar-refractivity contribution in [2.75, 3.05) is 27.2 Å². The monoisotopic (exact) mass is 493 g/mol. The minimum Gasteiger partial charge on any atom is -0.491 e. The lowest BCUT2D eigenvalue weighted by Crippen LogP contribution is -2.19. The van der Waals surface area contributed by atoms with Crippen molar-refractivity contribution in [3.05, 3.63) is 79.0 Å². The van der Waals surface area contributed by atoms with Gasteiger partial charge in [-0.05, 0) is 56.6 Å². The van der Waals surface area contributed by atoms with E-state index in [-0.39, 0.29) is 5.82 Å². The van der Waals surface area contributed by atoms with Gasteiger partial charge in [0.05, 0.1) is 28.8 Å². The molecule has 2 N–H and O–H groups in total. The first-order valence-corrected chi connectivity index (χ1v) is 11.9. The van der Waals surface area contributed by atoms with Crippen molar-refractivity contribution in [3.63, 3.8) is 0 Å². The summed E-state index contributed by atoms with van der Waals surface area (Å²) >= 11 is 0. The van der Waals surface area contributed by atoms with E-state index in [4.69, 9.17) is 9.72 Å². The van der Waals surface area contributed by atoms with E-state index in [1.165, 1.54) is 6.07 Å². The molecule has 9 heteroatoms. The molecule has 6 rings (SSSR count). The summed E-state index contributed by atoms with van der Waals surface area (Å²) in [6, 6.07) is 16.3. The quantitative estimate of drug-likeness (QED) is 0.313. The van der Waals surface area contributed by atoms with Gasteiger partial charge in [0, 0.05) is 41.0 Å². The zero-order chi connectivity index (χ0) is 25.4. The molecule has 0 amide bonds. The summed E-state index contributed by atoms with van der Waals surface area (Å²) in [6.07, 6.45) is 5.14. The van der Waals surface area contributed by atoms with Crippen molar-refractivity contribution in [3.8, 4) is 39.7 Å². The standard InChI is InChI=1S/C28H24FN7O/c1-36(2)11-12-37-18-13-17(15-30-16-18)22-7-8-24-27(33-22)28(35-34-24)25-14-20-23(32-25)9-10-31-26(20)19-5-3-4-6-21(19)29/h3-10,13-16,32H,11-12H2,1-2H3,(H,34,35). The molecule has 0 aliphatic rings. The maximum Gasteiger partial charge on any atom is 0.138 e. The third kappa shape index (κ3) is 4.41. The fourth-order valence-electron chi connectivity index (χ4n) is 4.28. The van der Waals surface area contributed by atoms with E-state index in [0.29, 0.717) is 34.8 Å². The Morgan fingerprint density at radius 2 is 1.86 bits per heavy atom. The van der Waals surface area contributed by atoms with E-state index >= 15 is 0 Å². The van der Waals surface area contributed by atoms with Crippen LogP contribution in [0.15, 0.2) is 73.2 Å². The van der Waals surface area contributed by atoms with E-state index in [9.17, 15) is 4.39 Å². The highest BCUT2D eigenvalue weighted by molar-refractivity contribution is 5.99. The molecule has 0 aliphatic heterocycles. The molecule has 37 heavy (non-hydrogen) atoms. The van der Waals surface area contributed by atoms with Crippen molar-refractivity contribution in [2.45, 2.75) is 0 Å². The summed E-state index contributed by atoms with van der Waals surface area (Å²) in [5.74, 6) is 0.376. The summed E-state index contributed by atoms with van der Waals surface area (Å²) in [4.78, 5) is 19.2. The number of H-pyrrole nitrogens is 2. The number of fused-ring (bicyclic) bond motifs is 2. The van der Waals surface area contributed by atoms with Gasteiger partial charge in [-0.2, -0.15) is 5.10 Å². The Morgan fingerprint density at radius 3 is 2.73 bits per heavy atom. The molecule has 0 spiro atoms. The van der Waals surface area contributed by atoms with Gasteiger partial charge in [0.1, 0.15) is 29.4 Å². The Bertz CT molecular complexity index is 1720. The van der Waals surface area contributed by atoms with E-state index in [0.717, 1.165) is 39.9 Å². The fourth-order valence-corrected chi connectivity index (χ4v) is 4.28. The zero-order valence-corrected chi connectivity index (χ0v) is 20.4. The Balaban J connectivity index is 1.39. The normalized spacial score (nSPS) is 11.6. The molecule has 5 heterocycles. The lowest BCUT2D eigenvalue weighted by Gasteiger charge is -2.11. The van der Waals surface area contributed by atoms with E-state index < -0.39 is 0 Å². The molecule has 0 bridgehead atoms. The second kappa shape index (κ2) is 9.44. The average Bonchev–Trinajstić information content (AvgIpc) is 3.52. The van der Waals surface area contributed by atoms with Crippen LogP contribution in [-0.2, 0) is 0 Å². The highest BCUT2D eigenvalue weighted by atomic mass is 19.1. The molecule has 1 aromatic carbocycles. The number of pyridine rings is 3. The largest absolute Gasteiger partial charge is 0.491 e. The molecule has 0 atom stereocenters. The Hall–Kier alpha value is -4.63. The smallest absolute Gasteiger partial charge is 0.138 e. The summed E-state index contributed by atoms with van der Waals surface area (Å²) in [6.45, 7) is 1.38. The number of aromatic amines is 2. The lowest BCUT2D eigenvalue weighted by molar-refractivity contribution is 0.261. The van der Waals surface area contributed by atoms with E-state index in [2.05, 4.69) is 30.0 Å². The Kier molecular flexibility index (Phi) is 5.82. The fraction of sp³-hybridized carbons (Fsp3) is 0.143. The molecule has 0 radical (unpaired) electrons. The number of halogens is 1. The molecule has 8 nitrogen and oxygen atoms in total. The molecular formula is C28H24FN7O. The van der Waals surface area contributed by atoms with Crippen LogP contribution in [0, 0.1) is 5.82 Å². The summed E-state index contributed by atoms with van der Waals surface area (Å²) in [5.41, 5.74) is 6.40. The second-order valence-electron chi connectivity index (χ2n) is 9.01. The van der Waals surface area contributed by atoms with Gasteiger partial charge in [-0.25, -0.2) is 9.37 Å². The third-order valence-electron chi connectivity index (χ3n) is 6.16. The van der Waals surface area contributed by atoms with Gasteiger partial charge in [-0.15, -0.1) is 0 Å². The van der Waals surface area contributed by atoms with Gasteiger partial charge in [-0.1, -0.05) is 12.1 Å². The van der Waals surface area contributed by atoms with Crippen LogP contribution >= 0.6 is 0 Å². The van der Waals surface area contributed by atoms with Crippen LogP contribution in [0.25, 0.3) is 55.8 Å². The van der Waals surface area contributed by atoms with Crippen LogP contribution in [0.1, 0.15) is 0 Å². The molecule has 0 saturated heterocycles. The number of nitrogens with zero attached hydrogens (tertiary/aromatic N) is 5. The molecular weight excluding hydrogens is 469 g/mol. The van der Waals surface area contributed by atoms with Crippen LogP contribution < -0.4 is 4.74 Å². The van der Waals surface area contributed by atoms with Crippen LogP contribution in [0.4, 0.5) is 4.39 Å². The minimum atomic E-state index is -0.316. The lowest BCUT2D eigenvalue weighted by atomic mass is 10.1. The first-order chi connectivity index (χ1) is 18.1. The number of hydrogen-bond donors (Lipinski definition) is 2. The predicted molar refractivity (Wildman–Crippen MR) is 142 cm³/mol. The average molecular weight is 494 g/mol. The van der Waals surface area contributed by atoms with Gasteiger partial charge in [0.2, 0.25) is 0 Å². The van der Waals surface area contributed by atoms with Crippen LogP contribution in [0.3, 0.4) is 0 Å². The number of aromatic nitrogens is 6. The first kappa shape index (κ1) is 22.8. The summed E-state index contributed by atoms with van der Waals surface area (Å²) in [7, 11) is 4.01. The molecule has 0 fully saturated rings. The van der Waals surface area contributed by atoms with Crippen LogP contribution in [-0.4, -0.2) is 62.3 Å². The van der Waals surface area contributed by atoms with E-state index in [1.54, 1.807) is 36.8 Å². The third-order valence-corrected chi connectivity index (χ3v) is 6.16. The summed E-state index contributed by atoms with van der Waals surface area (Å²) in [5, 5.41) is 8.40. The number of nitrogens with one attached hydrogen (secondary N) is 2. The van der Waals surface area contributed by atoms with Gasteiger partial charge >= 0.3 is 0 Å². The van der Waals surface area contributed by atoms with Crippen molar-refractivity contribution in [2.24, 2.45) is 0 Å². The van der Waals surface area contributed by atoms with E-state index in [1.807, 2.05) is 44.4 Å². The molecule has 0 saturated carbocycles. The van der Waals surface area contributed by atoms with Gasteiger partial charge < -0.3 is 14.6 Å². The Labute approximate surface area is 212 Å². The topological polar surface area (TPSA) is 95.6 Å². The van der Waals surface area contributed by atoms with Crippen molar-refractivity contribution < 1.29 is 9.13 Å².